The standard InChI is InChI=1S/C11H8BrClN4O/c1-2-18-11-9(12)3-7(4-10(11)13)16-17-8(5-14)6-15/h3-4,16H,2H2,1H3. The van der Waals surface area contributed by atoms with Crippen molar-refractivity contribution in [2.24, 2.45) is 5.10 Å². The van der Waals surface area contributed by atoms with Crippen molar-refractivity contribution >= 4 is 38.9 Å². The van der Waals surface area contributed by atoms with E-state index < -0.39 is 0 Å². The van der Waals surface area contributed by atoms with Crippen LogP contribution in [0.25, 0.3) is 0 Å². The fourth-order valence-corrected chi connectivity index (χ4v) is 2.06. The number of anilines is 1. The zero-order chi connectivity index (χ0) is 13.5. The van der Waals surface area contributed by atoms with E-state index in [0.29, 0.717) is 27.5 Å². The number of nitriles is 2. The van der Waals surface area contributed by atoms with E-state index in [2.05, 4.69) is 26.5 Å². The molecule has 92 valence electrons. The second-order valence-electron chi connectivity index (χ2n) is 3.00. The second-order valence-corrected chi connectivity index (χ2v) is 4.26. The van der Waals surface area contributed by atoms with Crippen LogP contribution in [0.4, 0.5) is 5.69 Å². The smallest absolute Gasteiger partial charge is 0.237 e. The molecule has 7 heteroatoms. The molecule has 0 spiro atoms. The second kappa shape index (κ2) is 6.85. The number of hydrazone groups is 1. The van der Waals surface area contributed by atoms with Gasteiger partial charge in [0.05, 0.1) is 21.8 Å². The summed E-state index contributed by atoms with van der Waals surface area (Å²) in [6, 6.07) is 6.56. The van der Waals surface area contributed by atoms with E-state index in [1.807, 2.05) is 6.92 Å². The Hall–Kier alpha value is -1.76. The molecule has 0 amide bonds. The maximum Gasteiger partial charge on any atom is 0.237 e. The molecule has 1 aromatic carbocycles. The summed E-state index contributed by atoms with van der Waals surface area (Å²) < 4.78 is 6.00. The first-order valence-electron chi connectivity index (χ1n) is 4.88. The molecule has 0 aliphatic rings. The van der Waals surface area contributed by atoms with E-state index in [4.69, 9.17) is 26.9 Å². The highest BCUT2D eigenvalue weighted by atomic mass is 79.9. The fourth-order valence-electron chi connectivity index (χ4n) is 1.10. The van der Waals surface area contributed by atoms with Crippen LogP contribution in [0.2, 0.25) is 5.02 Å². The third-order valence-corrected chi connectivity index (χ3v) is 2.67. The molecule has 0 unspecified atom stereocenters. The fraction of sp³-hybridized carbons (Fsp3) is 0.182. The maximum atomic E-state index is 8.53. The molecule has 0 fully saturated rings. The Morgan fingerprint density at radius 3 is 2.67 bits per heavy atom. The van der Waals surface area contributed by atoms with Gasteiger partial charge in [0.15, 0.2) is 5.75 Å². The first-order chi connectivity index (χ1) is 8.62. The summed E-state index contributed by atoms with van der Waals surface area (Å²) in [7, 11) is 0. The third kappa shape index (κ3) is 3.63. The first kappa shape index (κ1) is 14.3. The number of benzene rings is 1. The van der Waals surface area contributed by atoms with Gasteiger partial charge in [0, 0.05) is 0 Å². The van der Waals surface area contributed by atoms with E-state index in [1.165, 1.54) is 0 Å². The maximum absolute atomic E-state index is 8.53. The third-order valence-electron chi connectivity index (χ3n) is 1.80. The molecular formula is C11H8BrClN4O. The predicted molar refractivity (Wildman–Crippen MR) is 72.6 cm³/mol. The van der Waals surface area contributed by atoms with Gasteiger partial charge in [-0.1, -0.05) is 11.6 Å². The van der Waals surface area contributed by atoms with Gasteiger partial charge >= 0.3 is 0 Å². The SMILES string of the molecule is CCOc1c(Cl)cc(NN=C(C#N)C#N)cc1Br. The van der Waals surface area contributed by atoms with Crippen LogP contribution < -0.4 is 10.2 Å². The van der Waals surface area contributed by atoms with Gasteiger partial charge in [-0.2, -0.15) is 15.6 Å². The average molecular weight is 328 g/mol. The molecule has 0 atom stereocenters. The van der Waals surface area contributed by atoms with Crippen LogP contribution in [0.5, 0.6) is 5.75 Å². The number of rotatable bonds is 4. The van der Waals surface area contributed by atoms with E-state index in [-0.39, 0.29) is 5.71 Å². The summed E-state index contributed by atoms with van der Waals surface area (Å²) in [5.74, 6) is 0.537. The summed E-state index contributed by atoms with van der Waals surface area (Å²) in [6.07, 6.45) is 0. The number of nitrogens with zero attached hydrogens (tertiary/aromatic N) is 3. The largest absolute Gasteiger partial charge is 0.491 e. The number of nitrogens with one attached hydrogen (secondary N) is 1. The van der Waals surface area contributed by atoms with Gasteiger partial charge in [0.25, 0.3) is 0 Å². The van der Waals surface area contributed by atoms with Gasteiger partial charge in [-0.25, -0.2) is 0 Å². The minimum absolute atomic E-state index is 0.267. The topological polar surface area (TPSA) is 81.2 Å². The van der Waals surface area contributed by atoms with Crippen LogP contribution in [-0.4, -0.2) is 12.3 Å². The molecule has 0 radical (unpaired) electrons. The first-order valence-corrected chi connectivity index (χ1v) is 6.05. The lowest BCUT2D eigenvalue weighted by molar-refractivity contribution is 0.338. The van der Waals surface area contributed by atoms with Crippen molar-refractivity contribution in [3.8, 4) is 17.9 Å². The van der Waals surface area contributed by atoms with Crippen LogP contribution in [0.1, 0.15) is 6.92 Å². The Labute approximate surface area is 118 Å². The molecule has 0 bridgehead atoms. The lowest BCUT2D eigenvalue weighted by Crippen LogP contribution is -1.98. The lowest BCUT2D eigenvalue weighted by atomic mass is 10.3. The van der Waals surface area contributed by atoms with Crippen LogP contribution in [-0.2, 0) is 0 Å². The van der Waals surface area contributed by atoms with Gasteiger partial charge in [-0.05, 0) is 35.0 Å². The minimum atomic E-state index is -0.267. The summed E-state index contributed by atoms with van der Waals surface area (Å²) in [6.45, 7) is 2.35. The number of ether oxygens (including phenoxy) is 1. The van der Waals surface area contributed by atoms with Crippen molar-refractivity contribution in [1.82, 2.24) is 0 Å². The van der Waals surface area contributed by atoms with Gasteiger partial charge in [0.1, 0.15) is 12.1 Å². The Bertz CT molecular complexity index is 520. The van der Waals surface area contributed by atoms with Gasteiger partial charge in [-0.15, -0.1) is 0 Å². The number of hydrogen-bond acceptors (Lipinski definition) is 5. The highest BCUT2D eigenvalue weighted by Crippen LogP contribution is 2.36. The quantitative estimate of drug-likeness (QED) is 0.679. The van der Waals surface area contributed by atoms with Crippen molar-refractivity contribution < 1.29 is 4.74 Å². The molecule has 18 heavy (non-hydrogen) atoms. The zero-order valence-electron chi connectivity index (χ0n) is 9.37. The summed E-state index contributed by atoms with van der Waals surface area (Å²) in [5, 5.41) is 21.1. The van der Waals surface area contributed by atoms with Crippen LogP contribution >= 0.6 is 27.5 Å². The van der Waals surface area contributed by atoms with E-state index in [9.17, 15) is 0 Å². The van der Waals surface area contributed by atoms with Gasteiger partial charge in [-0.3, -0.25) is 5.43 Å². The molecule has 0 saturated heterocycles. The molecule has 0 aliphatic carbocycles. The van der Waals surface area contributed by atoms with E-state index in [0.717, 1.165) is 0 Å². The molecule has 1 N–H and O–H groups in total. The molecule has 0 aromatic heterocycles. The molecule has 1 rings (SSSR count). The summed E-state index contributed by atoms with van der Waals surface area (Å²) >= 11 is 9.34. The Morgan fingerprint density at radius 2 is 2.17 bits per heavy atom. The monoisotopic (exact) mass is 326 g/mol. The van der Waals surface area contributed by atoms with Crippen LogP contribution in [0, 0.1) is 22.7 Å². The summed E-state index contributed by atoms with van der Waals surface area (Å²) in [4.78, 5) is 0. The van der Waals surface area contributed by atoms with Crippen molar-refractivity contribution in [2.45, 2.75) is 6.92 Å². The molecule has 0 aliphatic heterocycles. The van der Waals surface area contributed by atoms with E-state index in [1.54, 1.807) is 24.3 Å². The minimum Gasteiger partial charge on any atom is -0.491 e. The Balaban J connectivity index is 2.98. The molecule has 0 saturated carbocycles. The van der Waals surface area contributed by atoms with Gasteiger partial charge < -0.3 is 4.74 Å². The Kier molecular flexibility index (Phi) is 5.44. The molecule has 0 heterocycles. The van der Waals surface area contributed by atoms with Crippen LogP contribution in [0.3, 0.4) is 0 Å². The lowest BCUT2D eigenvalue weighted by Gasteiger charge is -2.10. The number of halogens is 2. The van der Waals surface area contributed by atoms with Gasteiger partial charge in [0.2, 0.25) is 5.71 Å². The van der Waals surface area contributed by atoms with Crippen molar-refractivity contribution in [2.75, 3.05) is 12.0 Å². The molecular weight excluding hydrogens is 320 g/mol. The molecule has 1 aromatic rings. The highest BCUT2D eigenvalue weighted by molar-refractivity contribution is 9.10. The number of hydrogen-bond donors (Lipinski definition) is 1. The van der Waals surface area contributed by atoms with E-state index >= 15 is 0 Å². The van der Waals surface area contributed by atoms with Crippen molar-refractivity contribution in [1.29, 1.82) is 10.5 Å². The predicted octanol–water partition coefficient (Wildman–Crippen LogP) is 3.32. The Morgan fingerprint density at radius 1 is 1.50 bits per heavy atom. The average Bonchev–Trinajstić information content (AvgIpc) is 2.35. The van der Waals surface area contributed by atoms with Crippen molar-refractivity contribution in [3.63, 3.8) is 0 Å². The highest BCUT2D eigenvalue weighted by Gasteiger charge is 2.08. The molecule has 5 nitrogen and oxygen atoms in total. The normalized spacial score (nSPS) is 8.94. The zero-order valence-corrected chi connectivity index (χ0v) is 11.7. The van der Waals surface area contributed by atoms with Crippen molar-refractivity contribution in [3.05, 3.63) is 21.6 Å². The van der Waals surface area contributed by atoms with Crippen LogP contribution in [0.15, 0.2) is 21.7 Å². The summed E-state index contributed by atoms with van der Waals surface area (Å²) in [5.41, 5.74) is 2.84.